The van der Waals surface area contributed by atoms with Crippen molar-refractivity contribution in [1.29, 1.82) is 0 Å². The van der Waals surface area contributed by atoms with Gasteiger partial charge in [0.05, 0.1) is 5.52 Å². The summed E-state index contributed by atoms with van der Waals surface area (Å²) in [6.07, 6.45) is 1.84. The van der Waals surface area contributed by atoms with Gasteiger partial charge in [-0.3, -0.25) is 4.98 Å². The van der Waals surface area contributed by atoms with Crippen LogP contribution in [0.2, 0.25) is 0 Å². The SMILES string of the molecule is Cc1ccc2cccnc2c1C. The number of hydrogen-bond donors (Lipinski definition) is 0. The average molecular weight is 157 g/mol. The lowest BCUT2D eigenvalue weighted by Gasteiger charge is -2.02. The molecule has 1 aromatic carbocycles. The Morgan fingerprint density at radius 3 is 2.75 bits per heavy atom. The second-order valence-electron chi connectivity index (χ2n) is 3.08. The van der Waals surface area contributed by atoms with Crippen LogP contribution in [0.3, 0.4) is 0 Å². The van der Waals surface area contributed by atoms with Crippen molar-refractivity contribution in [1.82, 2.24) is 4.98 Å². The molecule has 0 amide bonds. The van der Waals surface area contributed by atoms with Gasteiger partial charge in [0.1, 0.15) is 0 Å². The van der Waals surface area contributed by atoms with Crippen LogP contribution in [0, 0.1) is 13.8 Å². The molecule has 60 valence electrons. The van der Waals surface area contributed by atoms with Crippen LogP contribution in [0.5, 0.6) is 0 Å². The molecule has 0 radical (unpaired) electrons. The van der Waals surface area contributed by atoms with Gasteiger partial charge in [-0.2, -0.15) is 0 Å². The fourth-order valence-corrected chi connectivity index (χ4v) is 1.39. The Labute approximate surface area is 72.1 Å². The van der Waals surface area contributed by atoms with E-state index in [-0.39, 0.29) is 0 Å². The lowest BCUT2D eigenvalue weighted by atomic mass is 10.1. The highest BCUT2D eigenvalue weighted by atomic mass is 14.6. The molecule has 0 aliphatic carbocycles. The number of rotatable bonds is 0. The summed E-state index contributed by atoms with van der Waals surface area (Å²) in [6, 6.07) is 8.32. The van der Waals surface area contributed by atoms with Gasteiger partial charge in [0.15, 0.2) is 0 Å². The van der Waals surface area contributed by atoms with Crippen LogP contribution >= 0.6 is 0 Å². The van der Waals surface area contributed by atoms with Crippen molar-refractivity contribution in [2.75, 3.05) is 0 Å². The molecule has 0 spiro atoms. The lowest BCUT2D eigenvalue weighted by Crippen LogP contribution is -1.85. The summed E-state index contributed by atoms with van der Waals surface area (Å²) >= 11 is 0. The smallest absolute Gasteiger partial charge is 0.0733 e. The van der Waals surface area contributed by atoms with E-state index in [2.05, 4.69) is 37.0 Å². The first-order valence-electron chi connectivity index (χ1n) is 4.10. The maximum Gasteiger partial charge on any atom is 0.0733 e. The summed E-state index contributed by atoms with van der Waals surface area (Å²) in [5, 5.41) is 1.22. The minimum absolute atomic E-state index is 1.12. The van der Waals surface area contributed by atoms with Crippen molar-refractivity contribution in [2.24, 2.45) is 0 Å². The Kier molecular flexibility index (Phi) is 1.58. The van der Waals surface area contributed by atoms with Crippen LogP contribution in [0.15, 0.2) is 30.5 Å². The third-order valence-corrected chi connectivity index (χ3v) is 2.30. The number of aryl methyl sites for hydroxylation is 2. The molecule has 0 aliphatic rings. The van der Waals surface area contributed by atoms with Gasteiger partial charge in [-0.15, -0.1) is 0 Å². The fraction of sp³-hybridized carbons (Fsp3) is 0.182. The minimum Gasteiger partial charge on any atom is -0.256 e. The van der Waals surface area contributed by atoms with Gasteiger partial charge in [0, 0.05) is 11.6 Å². The van der Waals surface area contributed by atoms with Crippen LogP contribution in [0.25, 0.3) is 10.9 Å². The second-order valence-corrected chi connectivity index (χ2v) is 3.08. The van der Waals surface area contributed by atoms with Crippen LogP contribution in [0.1, 0.15) is 11.1 Å². The van der Waals surface area contributed by atoms with E-state index in [4.69, 9.17) is 0 Å². The quantitative estimate of drug-likeness (QED) is 0.573. The molecule has 0 saturated carbocycles. The van der Waals surface area contributed by atoms with Crippen LogP contribution < -0.4 is 0 Å². The first-order chi connectivity index (χ1) is 5.79. The number of benzene rings is 1. The molecule has 2 rings (SSSR count). The van der Waals surface area contributed by atoms with E-state index in [1.807, 2.05) is 12.3 Å². The van der Waals surface area contributed by atoms with E-state index in [9.17, 15) is 0 Å². The summed E-state index contributed by atoms with van der Waals surface area (Å²) in [6.45, 7) is 4.23. The highest BCUT2D eigenvalue weighted by Gasteiger charge is 1.98. The van der Waals surface area contributed by atoms with E-state index in [0.29, 0.717) is 0 Å². The molecule has 12 heavy (non-hydrogen) atoms. The Morgan fingerprint density at radius 1 is 1.08 bits per heavy atom. The van der Waals surface area contributed by atoms with Crippen LogP contribution in [-0.4, -0.2) is 4.98 Å². The zero-order chi connectivity index (χ0) is 8.55. The molecule has 1 heteroatoms. The molecule has 0 fully saturated rings. The zero-order valence-corrected chi connectivity index (χ0v) is 7.33. The van der Waals surface area contributed by atoms with Crippen molar-refractivity contribution in [3.05, 3.63) is 41.6 Å². The van der Waals surface area contributed by atoms with Gasteiger partial charge in [-0.05, 0) is 31.0 Å². The molecule has 0 atom stereocenters. The third kappa shape index (κ3) is 0.981. The maximum atomic E-state index is 4.34. The van der Waals surface area contributed by atoms with Gasteiger partial charge in [-0.1, -0.05) is 18.2 Å². The summed E-state index contributed by atoms with van der Waals surface area (Å²) in [5.74, 6) is 0. The maximum absolute atomic E-state index is 4.34. The number of nitrogens with zero attached hydrogens (tertiary/aromatic N) is 1. The number of aromatic nitrogens is 1. The van der Waals surface area contributed by atoms with E-state index < -0.39 is 0 Å². The Hall–Kier alpha value is -1.37. The highest BCUT2D eigenvalue weighted by Crippen LogP contribution is 2.18. The Morgan fingerprint density at radius 2 is 1.92 bits per heavy atom. The normalized spacial score (nSPS) is 10.5. The molecular weight excluding hydrogens is 146 g/mol. The third-order valence-electron chi connectivity index (χ3n) is 2.30. The molecule has 0 saturated heterocycles. The molecule has 1 nitrogen and oxygen atoms in total. The zero-order valence-electron chi connectivity index (χ0n) is 7.33. The van der Waals surface area contributed by atoms with Gasteiger partial charge >= 0.3 is 0 Å². The Bertz CT molecular complexity index is 418. The van der Waals surface area contributed by atoms with E-state index in [1.165, 1.54) is 16.5 Å². The predicted octanol–water partition coefficient (Wildman–Crippen LogP) is 2.85. The summed E-state index contributed by atoms with van der Waals surface area (Å²) in [4.78, 5) is 4.34. The first kappa shape index (κ1) is 7.29. The van der Waals surface area contributed by atoms with Crippen molar-refractivity contribution < 1.29 is 0 Å². The van der Waals surface area contributed by atoms with Crippen LogP contribution in [-0.2, 0) is 0 Å². The summed E-state index contributed by atoms with van der Waals surface area (Å²) < 4.78 is 0. The largest absolute Gasteiger partial charge is 0.256 e. The molecule has 0 bridgehead atoms. The van der Waals surface area contributed by atoms with Gasteiger partial charge < -0.3 is 0 Å². The van der Waals surface area contributed by atoms with Crippen molar-refractivity contribution in [3.63, 3.8) is 0 Å². The van der Waals surface area contributed by atoms with Crippen LogP contribution in [0.4, 0.5) is 0 Å². The van der Waals surface area contributed by atoms with E-state index in [0.717, 1.165) is 5.52 Å². The van der Waals surface area contributed by atoms with Gasteiger partial charge in [0.2, 0.25) is 0 Å². The van der Waals surface area contributed by atoms with Crippen molar-refractivity contribution >= 4 is 10.9 Å². The van der Waals surface area contributed by atoms with Gasteiger partial charge in [0.25, 0.3) is 0 Å². The van der Waals surface area contributed by atoms with E-state index >= 15 is 0 Å². The lowest BCUT2D eigenvalue weighted by molar-refractivity contribution is 1.31. The minimum atomic E-state index is 1.12. The molecule has 0 aliphatic heterocycles. The number of fused-ring (bicyclic) bond motifs is 1. The van der Waals surface area contributed by atoms with Gasteiger partial charge in [-0.25, -0.2) is 0 Å². The second kappa shape index (κ2) is 2.59. The topological polar surface area (TPSA) is 12.9 Å². The molecular formula is C11H11N. The van der Waals surface area contributed by atoms with E-state index in [1.54, 1.807) is 0 Å². The summed E-state index contributed by atoms with van der Waals surface area (Å²) in [5.41, 5.74) is 3.71. The number of pyridine rings is 1. The molecule has 0 N–H and O–H groups in total. The monoisotopic (exact) mass is 157 g/mol. The Balaban J connectivity index is 2.91. The standard InChI is InChI=1S/C11H11N/c1-8-5-6-10-4-3-7-12-11(10)9(8)2/h3-7H,1-2H3. The molecule has 2 aromatic rings. The average Bonchev–Trinajstić information content (AvgIpc) is 2.12. The fourth-order valence-electron chi connectivity index (χ4n) is 1.39. The molecule has 1 aromatic heterocycles. The van der Waals surface area contributed by atoms with Crippen molar-refractivity contribution in [3.8, 4) is 0 Å². The molecule has 1 heterocycles. The molecule has 0 unspecified atom stereocenters. The van der Waals surface area contributed by atoms with Crippen molar-refractivity contribution in [2.45, 2.75) is 13.8 Å². The number of hydrogen-bond acceptors (Lipinski definition) is 1. The first-order valence-corrected chi connectivity index (χ1v) is 4.10. The highest BCUT2D eigenvalue weighted by molar-refractivity contribution is 5.82. The predicted molar refractivity (Wildman–Crippen MR) is 51.2 cm³/mol. The summed E-state index contributed by atoms with van der Waals surface area (Å²) in [7, 11) is 0.